The number of amides is 8. The fourth-order valence-corrected chi connectivity index (χ4v) is 9.60. The molecule has 4 heterocycles. The van der Waals surface area contributed by atoms with E-state index in [9.17, 15) is 43.5 Å². The number of carbonyl (C=O) groups is 8. The van der Waals surface area contributed by atoms with Gasteiger partial charge in [-0.3, -0.25) is 48.5 Å². The molecule has 21 nitrogen and oxygen atoms in total. The number of aromatic nitrogens is 3. The Hall–Kier alpha value is -7.75. The summed E-state index contributed by atoms with van der Waals surface area (Å²) in [4.78, 5) is 108. The number of hydrogen-bond donors (Lipinski definition) is 7. The minimum Gasteiger partial charge on any atom is -0.481 e. The Balaban J connectivity index is 0.915. The lowest BCUT2D eigenvalue weighted by Gasteiger charge is -2.39. The van der Waals surface area contributed by atoms with Gasteiger partial charge < -0.3 is 36.8 Å². The molecule has 2 atom stereocenters. The molecule has 1 saturated carbocycles. The Kier molecular flexibility index (Phi) is 15.8. The quantitative estimate of drug-likeness (QED) is 0.0342. The van der Waals surface area contributed by atoms with Gasteiger partial charge in [-0.1, -0.05) is 30.7 Å². The third-order valence-corrected chi connectivity index (χ3v) is 13.7. The highest BCUT2D eigenvalue weighted by Gasteiger charge is 2.51. The summed E-state index contributed by atoms with van der Waals surface area (Å²) in [7, 11) is 0. The van der Waals surface area contributed by atoms with Crippen molar-refractivity contribution in [1.82, 2.24) is 35.6 Å². The van der Waals surface area contributed by atoms with Gasteiger partial charge in [0.25, 0.3) is 11.8 Å². The number of nitrogens with zero attached hydrogens (tertiary/aromatic N) is 5. The lowest BCUT2D eigenvalue weighted by molar-refractivity contribution is -0.151. The maximum atomic E-state index is 13.8. The molecule has 8 N–H and O–H groups in total. The molecular weight excluding hydrogens is 923 g/mol. The molecule has 4 aromatic rings. The molecule has 0 bridgehead atoms. The Morgan fingerprint density at radius 1 is 0.857 bits per heavy atom. The summed E-state index contributed by atoms with van der Waals surface area (Å²) in [6.07, 6.45) is 4.92. The van der Waals surface area contributed by atoms with Crippen molar-refractivity contribution in [2.75, 3.05) is 30.3 Å². The van der Waals surface area contributed by atoms with Crippen LogP contribution in [-0.2, 0) is 40.1 Å². The summed E-state index contributed by atoms with van der Waals surface area (Å²) >= 11 is 1.56. The average molecular weight is 978 g/mol. The topological polar surface area (TPSA) is 298 Å². The molecule has 2 aromatic heterocycles. The molecule has 1 aliphatic carbocycles. The van der Waals surface area contributed by atoms with Crippen molar-refractivity contribution < 1.29 is 48.2 Å². The normalized spacial score (nSPS) is 15.9. The first-order valence-electron chi connectivity index (χ1n) is 23.0. The number of thiophene rings is 1. The summed E-state index contributed by atoms with van der Waals surface area (Å²) < 4.78 is 7.36. The standard InChI is InChI=1S/C48H55N11O10S/c1-27-28(2)70-43-39(27)40(54-35(25-38(62)63)41-57-56-29(3)59(41)43)31-12-16-33(17-13-31)53-47(68)69-26-30-10-14-32(15-11-30)52-42(64)34(9-7-23-51-46(49)67)55-45(66)48(20-8-21-48)44(65)50-22-5-4-6-24-58-36(60)18-19-37(58)61/h10-19,34-35H,4-9,20-26H2,1-3H3,(H,50,65)(H,52,64)(H,53,68)(H,55,66)(H,62,63)(H3,49,51,67)/t34-,35-/m0/s1. The van der Waals surface area contributed by atoms with Crippen LogP contribution in [0.5, 0.6) is 0 Å². The van der Waals surface area contributed by atoms with Crippen LogP contribution in [0, 0.1) is 26.2 Å². The van der Waals surface area contributed by atoms with Crippen molar-refractivity contribution in [2.45, 2.75) is 97.2 Å². The number of benzene rings is 2. The lowest BCUT2D eigenvalue weighted by atomic mass is 9.67. The van der Waals surface area contributed by atoms with Crippen molar-refractivity contribution in [1.29, 1.82) is 0 Å². The number of anilines is 2. The summed E-state index contributed by atoms with van der Waals surface area (Å²) in [5.41, 5.74) is 8.49. The van der Waals surface area contributed by atoms with Crippen LogP contribution in [0.4, 0.5) is 21.0 Å². The molecule has 0 spiro atoms. The fourth-order valence-electron chi connectivity index (χ4n) is 8.38. The van der Waals surface area contributed by atoms with Gasteiger partial charge in [0.1, 0.15) is 34.9 Å². The predicted molar refractivity (Wildman–Crippen MR) is 257 cm³/mol. The molecule has 2 aromatic carbocycles. The van der Waals surface area contributed by atoms with Gasteiger partial charge in [-0.15, -0.1) is 21.5 Å². The summed E-state index contributed by atoms with van der Waals surface area (Å²) in [5, 5.41) is 32.7. The molecule has 8 amide bonds. The highest BCUT2D eigenvalue weighted by molar-refractivity contribution is 7.15. The average Bonchev–Trinajstić information content (AvgIpc) is 3.92. The van der Waals surface area contributed by atoms with E-state index in [1.54, 1.807) is 59.9 Å². The summed E-state index contributed by atoms with van der Waals surface area (Å²) in [5.74, 6) is -2.20. The number of nitrogens with one attached hydrogen (secondary N) is 5. The van der Waals surface area contributed by atoms with Crippen molar-refractivity contribution in [2.24, 2.45) is 16.1 Å². The van der Waals surface area contributed by atoms with Crippen molar-refractivity contribution >= 4 is 76.1 Å². The minimum absolute atomic E-state index is 0.101. The maximum Gasteiger partial charge on any atom is 0.411 e. The van der Waals surface area contributed by atoms with Gasteiger partial charge in [0.05, 0.1) is 12.1 Å². The first kappa shape index (κ1) is 50.1. The van der Waals surface area contributed by atoms with Crippen LogP contribution in [0.25, 0.3) is 5.00 Å². The van der Waals surface area contributed by atoms with E-state index in [-0.39, 0.29) is 50.9 Å². The minimum atomic E-state index is -1.35. The van der Waals surface area contributed by atoms with Crippen LogP contribution in [0.3, 0.4) is 0 Å². The summed E-state index contributed by atoms with van der Waals surface area (Å²) in [6.45, 7) is 6.45. The predicted octanol–water partition coefficient (Wildman–Crippen LogP) is 4.62. The van der Waals surface area contributed by atoms with E-state index in [4.69, 9.17) is 15.5 Å². The Morgan fingerprint density at radius 3 is 2.19 bits per heavy atom. The third-order valence-electron chi connectivity index (χ3n) is 12.5. The summed E-state index contributed by atoms with van der Waals surface area (Å²) in [6, 6.07) is 11.0. The zero-order valence-electron chi connectivity index (χ0n) is 39.0. The number of aryl methyl sites for hydroxylation is 2. The van der Waals surface area contributed by atoms with Crippen LogP contribution in [0.15, 0.2) is 65.7 Å². The molecule has 0 unspecified atom stereocenters. The zero-order valence-corrected chi connectivity index (χ0v) is 39.8. The largest absolute Gasteiger partial charge is 0.481 e. The molecule has 3 aliphatic rings. The molecule has 22 heteroatoms. The smallest absolute Gasteiger partial charge is 0.411 e. The zero-order chi connectivity index (χ0) is 50.1. The van der Waals surface area contributed by atoms with Gasteiger partial charge in [0.15, 0.2) is 5.82 Å². The molecule has 368 valence electrons. The van der Waals surface area contributed by atoms with E-state index < -0.39 is 53.3 Å². The number of rotatable bonds is 21. The SMILES string of the molecule is Cc1sc2c(c1C)C(c1ccc(NC(=O)OCc3ccc(NC(=O)[C@H](CCCNC(N)=O)NC(=O)C4(C(=O)NCCCCCN5C(=O)C=CC5=O)CCC4)cc3)cc1)=N[C@@H](CC(=O)O)c1nnc(C)n1-2. The molecule has 7 rings (SSSR count). The highest BCUT2D eigenvalue weighted by atomic mass is 32.1. The number of imide groups is 1. The number of urea groups is 1. The van der Waals surface area contributed by atoms with Crippen LogP contribution in [0.1, 0.15) is 103 Å². The second-order valence-electron chi connectivity index (χ2n) is 17.3. The first-order chi connectivity index (χ1) is 33.5. The van der Waals surface area contributed by atoms with Crippen LogP contribution in [0.2, 0.25) is 0 Å². The van der Waals surface area contributed by atoms with Crippen LogP contribution in [-0.4, -0.2) is 104 Å². The highest BCUT2D eigenvalue weighted by Crippen LogP contribution is 2.42. The maximum absolute atomic E-state index is 13.8. The number of primary amides is 1. The Bertz CT molecular complexity index is 2720. The van der Waals surface area contributed by atoms with E-state index in [0.717, 1.165) is 25.9 Å². The lowest BCUT2D eigenvalue weighted by Crippen LogP contribution is -2.58. The third kappa shape index (κ3) is 11.6. The van der Waals surface area contributed by atoms with Gasteiger partial charge >= 0.3 is 18.1 Å². The van der Waals surface area contributed by atoms with Crippen molar-refractivity contribution in [3.8, 4) is 5.00 Å². The van der Waals surface area contributed by atoms with Gasteiger partial charge in [-0.2, -0.15) is 0 Å². The Labute approximate surface area is 406 Å². The fraction of sp³-hybridized carbons (Fsp3) is 0.396. The number of aliphatic carboxylic acids is 1. The number of hydrogen-bond acceptors (Lipinski definition) is 13. The molecule has 1 fully saturated rings. The van der Waals surface area contributed by atoms with Crippen molar-refractivity contribution in [3.63, 3.8) is 0 Å². The van der Waals surface area contributed by atoms with E-state index >= 15 is 0 Å². The Morgan fingerprint density at radius 2 is 1.53 bits per heavy atom. The molecule has 0 saturated heterocycles. The van der Waals surface area contributed by atoms with Gasteiger partial charge in [-0.05, 0) is 101 Å². The van der Waals surface area contributed by atoms with Crippen LogP contribution < -0.4 is 32.3 Å². The van der Waals surface area contributed by atoms with Crippen LogP contribution >= 0.6 is 11.3 Å². The molecule has 2 aliphatic heterocycles. The molecular formula is C48H55N11O10S. The number of nitrogens with two attached hydrogens (primary N) is 1. The number of ether oxygens (including phenoxy) is 1. The number of carboxylic acid groups (broad SMARTS) is 1. The second kappa shape index (κ2) is 22.1. The molecule has 0 radical (unpaired) electrons. The van der Waals surface area contributed by atoms with E-state index in [1.165, 1.54) is 12.2 Å². The number of aliphatic imine (C=N–C) groups is 1. The van der Waals surface area contributed by atoms with E-state index in [2.05, 4.69) is 36.8 Å². The molecule has 70 heavy (non-hydrogen) atoms. The second-order valence-corrected chi connectivity index (χ2v) is 18.5. The number of unbranched alkanes of at least 4 members (excludes halogenated alkanes) is 2. The monoisotopic (exact) mass is 977 g/mol. The van der Waals surface area contributed by atoms with Gasteiger partial charge in [-0.25, -0.2) is 9.59 Å². The van der Waals surface area contributed by atoms with Gasteiger partial charge in [0, 0.05) is 59.2 Å². The number of carboxylic acids is 1. The number of carbonyl (C=O) groups excluding carboxylic acids is 7. The van der Waals surface area contributed by atoms with Crippen molar-refractivity contribution in [3.05, 3.63) is 99.5 Å². The van der Waals surface area contributed by atoms with Gasteiger partial charge in [0.2, 0.25) is 17.7 Å². The van der Waals surface area contributed by atoms with E-state index in [0.29, 0.717) is 84.8 Å². The number of fused-ring (bicyclic) bond motifs is 3. The first-order valence-corrected chi connectivity index (χ1v) is 23.8. The van der Waals surface area contributed by atoms with E-state index in [1.807, 2.05) is 25.3 Å².